The normalized spacial score (nSPS) is 17.1. The molecule has 1 N–H and O–H groups in total. The highest BCUT2D eigenvalue weighted by Gasteiger charge is 2.22. The fraction of sp³-hybridized carbons (Fsp3) is 0.250. The second-order valence-electron chi connectivity index (χ2n) is 5.02. The molecule has 1 atom stereocenters. The summed E-state index contributed by atoms with van der Waals surface area (Å²) in [5.74, 6) is -0.796. The number of halogens is 1. The zero-order valence-corrected chi connectivity index (χ0v) is 12.0. The SMILES string of the molecule is O=C(O)c1cc(Cl)nc(OC2CCCc3ccccc32)c1. The number of hydrogen-bond donors (Lipinski definition) is 1. The van der Waals surface area contributed by atoms with Gasteiger partial charge in [0.2, 0.25) is 5.88 Å². The van der Waals surface area contributed by atoms with E-state index in [-0.39, 0.29) is 22.7 Å². The zero-order valence-electron chi connectivity index (χ0n) is 11.3. The third kappa shape index (κ3) is 3.00. The standard InChI is InChI=1S/C16H14ClNO3/c17-14-8-11(16(19)20)9-15(18-14)21-13-7-3-5-10-4-1-2-6-12(10)13/h1-2,4,6,8-9,13H,3,5,7H2,(H,19,20). The van der Waals surface area contributed by atoms with Gasteiger partial charge >= 0.3 is 5.97 Å². The Morgan fingerprint density at radius 1 is 1.33 bits per heavy atom. The van der Waals surface area contributed by atoms with Gasteiger partial charge in [0.1, 0.15) is 11.3 Å². The molecule has 108 valence electrons. The molecule has 0 fully saturated rings. The maximum Gasteiger partial charge on any atom is 0.335 e. The van der Waals surface area contributed by atoms with E-state index in [1.165, 1.54) is 17.7 Å². The Morgan fingerprint density at radius 2 is 2.14 bits per heavy atom. The van der Waals surface area contributed by atoms with E-state index in [9.17, 15) is 4.79 Å². The number of carboxylic acids is 1. The number of carbonyl (C=O) groups is 1. The molecule has 0 spiro atoms. The first-order valence-electron chi connectivity index (χ1n) is 6.79. The van der Waals surface area contributed by atoms with Crippen molar-refractivity contribution >= 4 is 17.6 Å². The van der Waals surface area contributed by atoms with Crippen molar-refractivity contribution in [1.29, 1.82) is 0 Å². The summed E-state index contributed by atoms with van der Waals surface area (Å²) in [6.45, 7) is 0. The number of fused-ring (bicyclic) bond motifs is 1. The minimum absolute atomic E-state index is 0.0779. The number of rotatable bonds is 3. The van der Waals surface area contributed by atoms with Gasteiger partial charge in [-0.25, -0.2) is 9.78 Å². The average molecular weight is 304 g/mol. The van der Waals surface area contributed by atoms with Crippen molar-refractivity contribution < 1.29 is 14.6 Å². The Kier molecular flexibility index (Phi) is 3.80. The predicted octanol–water partition coefficient (Wildman–Crippen LogP) is 3.89. The number of pyridine rings is 1. The van der Waals surface area contributed by atoms with Crippen LogP contribution in [0.3, 0.4) is 0 Å². The van der Waals surface area contributed by atoms with Crippen LogP contribution in [-0.2, 0) is 6.42 Å². The van der Waals surface area contributed by atoms with E-state index in [0.717, 1.165) is 24.8 Å². The summed E-state index contributed by atoms with van der Waals surface area (Å²) in [4.78, 5) is 15.1. The maximum atomic E-state index is 11.1. The van der Waals surface area contributed by atoms with Crippen LogP contribution in [-0.4, -0.2) is 16.1 Å². The van der Waals surface area contributed by atoms with Gasteiger partial charge in [-0.3, -0.25) is 0 Å². The van der Waals surface area contributed by atoms with Crippen LogP contribution in [0.2, 0.25) is 5.15 Å². The molecule has 0 radical (unpaired) electrons. The molecule has 3 rings (SSSR count). The largest absolute Gasteiger partial charge is 0.478 e. The number of aromatic carboxylic acids is 1. The van der Waals surface area contributed by atoms with E-state index < -0.39 is 5.97 Å². The summed E-state index contributed by atoms with van der Waals surface area (Å²) in [5.41, 5.74) is 2.49. The molecule has 21 heavy (non-hydrogen) atoms. The van der Waals surface area contributed by atoms with Crippen LogP contribution in [0.15, 0.2) is 36.4 Å². The summed E-state index contributed by atoms with van der Waals surface area (Å²) in [7, 11) is 0. The second kappa shape index (κ2) is 5.74. The lowest BCUT2D eigenvalue weighted by molar-refractivity contribution is 0.0695. The van der Waals surface area contributed by atoms with Crippen LogP contribution in [0.5, 0.6) is 5.88 Å². The van der Waals surface area contributed by atoms with Crippen molar-refractivity contribution in [3.05, 3.63) is 58.2 Å². The Hall–Kier alpha value is -2.07. The quantitative estimate of drug-likeness (QED) is 0.874. The van der Waals surface area contributed by atoms with E-state index in [0.29, 0.717) is 0 Å². The van der Waals surface area contributed by atoms with Crippen LogP contribution in [0.25, 0.3) is 0 Å². The fourth-order valence-corrected chi connectivity index (χ4v) is 2.84. The lowest BCUT2D eigenvalue weighted by Crippen LogP contribution is -2.16. The van der Waals surface area contributed by atoms with Crippen LogP contribution in [0.1, 0.15) is 40.4 Å². The minimum Gasteiger partial charge on any atom is -0.478 e. The van der Waals surface area contributed by atoms with Gasteiger partial charge in [-0.05, 0) is 36.5 Å². The van der Waals surface area contributed by atoms with Gasteiger partial charge in [-0.15, -0.1) is 0 Å². The van der Waals surface area contributed by atoms with Crippen LogP contribution in [0, 0.1) is 0 Å². The molecular weight excluding hydrogens is 290 g/mol. The summed E-state index contributed by atoms with van der Waals surface area (Å²) in [5, 5.41) is 9.17. The van der Waals surface area contributed by atoms with Crippen molar-refractivity contribution in [2.75, 3.05) is 0 Å². The van der Waals surface area contributed by atoms with Crippen molar-refractivity contribution in [3.8, 4) is 5.88 Å². The highest BCUT2D eigenvalue weighted by atomic mass is 35.5. The molecule has 1 unspecified atom stereocenters. The second-order valence-corrected chi connectivity index (χ2v) is 5.41. The molecule has 1 aliphatic rings. The Labute approximate surface area is 127 Å². The van der Waals surface area contributed by atoms with E-state index in [4.69, 9.17) is 21.4 Å². The molecule has 2 aromatic rings. The molecule has 0 saturated heterocycles. The fourth-order valence-electron chi connectivity index (χ4n) is 2.63. The molecule has 1 aromatic carbocycles. The number of benzene rings is 1. The van der Waals surface area contributed by atoms with E-state index in [1.54, 1.807) is 0 Å². The molecule has 0 amide bonds. The molecule has 0 bridgehead atoms. The van der Waals surface area contributed by atoms with E-state index >= 15 is 0 Å². The van der Waals surface area contributed by atoms with Gasteiger partial charge < -0.3 is 9.84 Å². The Balaban J connectivity index is 1.90. The van der Waals surface area contributed by atoms with Crippen LogP contribution >= 0.6 is 11.6 Å². The van der Waals surface area contributed by atoms with Gasteiger partial charge in [0.05, 0.1) is 5.56 Å². The van der Waals surface area contributed by atoms with Crippen molar-refractivity contribution in [2.45, 2.75) is 25.4 Å². The first-order chi connectivity index (χ1) is 10.1. The smallest absolute Gasteiger partial charge is 0.335 e. The van der Waals surface area contributed by atoms with E-state index in [1.807, 2.05) is 18.2 Å². The first kappa shape index (κ1) is 13.9. The molecular formula is C16H14ClNO3. The third-order valence-corrected chi connectivity index (χ3v) is 3.79. The monoisotopic (exact) mass is 303 g/mol. The Morgan fingerprint density at radius 3 is 2.95 bits per heavy atom. The lowest BCUT2D eigenvalue weighted by Gasteiger charge is -2.25. The van der Waals surface area contributed by atoms with Crippen molar-refractivity contribution in [2.24, 2.45) is 0 Å². The van der Waals surface area contributed by atoms with Crippen LogP contribution < -0.4 is 4.74 Å². The molecule has 4 nitrogen and oxygen atoms in total. The maximum absolute atomic E-state index is 11.1. The van der Waals surface area contributed by atoms with Gasteiger partial charge in [0.15, 0.2) is 0 Å². The zero-order chi connectivity index (χ0) is 14.8. The van der Waals surface area contributed by atoms with Gasteiger partial charge in [-0.1, -0.05) is 35.9 Å². The Bertz CT molecular complexity index is 687. The van der Waals surface area contributed by atoms with Gasteiger partial charge in [0, 0.05) is 6.07 Å². The molecule has 1 heterocycles. The summed E-state index contributed by atoms with van der Waals surface area (Å²) in [6, 6.07) is 10.9. The van der Waals surface area contributed by atoms with Gasteiger partial charge in [0.25, 0.3) is 0 Å². The van der Waals surface area contributed by atoms with Crippen molar-refractivity contribution in [3.63, 3.8) is 0 Å². The van der Waals surface area contributed by atoms with Crippen molar-refractivity contribution in [1.82, 2.24) is 4.98 Å². The molecule has 5 heteroatoms. The average Bonchev–Trinajstić information content (AvgIpc) is 2.47. The molecule has 1 aliphatic carbocycles. The lowest BCUT2D eigenvalue weighted by atomic mass is 9.89. The first-order valence-corrected chi connectivity index (χ1v) is 7.16. The summed E-state index contributed by atoms with van der Waals surface area (Å²) < 4.78 is 5.89. The van der Waals surface area contributed by atoms with Crippen LogP contribution in [0.4, 0.5) is 0 Å². The predicted molar refractivity (Wildman–Crippen MR) is 79.0 cm³/mol. The number of aromatic nitrogens is 1. The number of ether oxygens (including phenoxy) is 1. The summed E-state index contributed by atoms with van der Waals surface area (Å²) in [6.07, 6.45) is 2.85. The van der Waals surface area contributed by atoms with Gasteiger partial charge in [-0.2, -0.15) is 0 Å². The number of aryl methyl sites for hydroxylation is 1. The number of nitrogens with zero attached hydrogens (tertiary/aromatic N) is 1. The highest BCUT2D eigenvalue weighted by Crippen LogP contribution is 2.33. The number of carboxylic acid groups (broad SMARTS) is 1. The summed E-state index contributed by atoms with van der Waals surface area (Å²) >= 11 is 5.86. The molecule has 1 aromatic heterocycles. The molecule has 0 saturated carbocycles. The van der Waals surface area contributed by atoms with E-state index in [2.05, 4.69) is 11.1 Å². The highest BCUT2D eigenvalue weighted by molar-refractivity contribution is 6.29. The topological polar surface area (TPSA) is 59.4 Å². The molecule has 0 aliphatic heterocycles. The minimum atomic E-state index is -1.05. The number of hydrogen-bond acceptors (Lipinski definition) is 3. The third-order valence-electron chi connectivity index (χ3n) is 3.59.